The summed E-state index contributed by atoms with van der Waals surface area (Å²) in [5, 5.41) is 2.89. The number of ether oxygens (including phenoxy) is 1. The quantitative estimate of drug-likeness (QED) is 0.722. The van der Waals surface area contributed by atoms with Crippen molar-refractivity contribution < 1.29 is 18.3 Å². The molecule has 6 nitrogen and oxygen atoms in total. The lowest BCUT2D eigenvalue weighted by Gasteiger charge is -2.15. The number of benzene rings is 2. The third-order valence-electron chi connectivity index (χ3n) is 4.25. The zero-order valence-corrected chi connectivity index (χ0v) is 14.5. The molecule has 1 amide bonds. The molecule has 0 radical (unpaired) electrons. The van der Waals surface area contributed by atoms with E-state index >= 15 is 0 Å². The zero-order valence-electron chi connectivity index (χ0n) is 14.5. The molecule has 8 heteroatoms. The van der Waals surface area contributed by atoms with Crippen LogP contribution in [0.1, 0.15) is 5.56 Å². The fourth-order valence-corrected chi connectivity index (χ4v) is 2.90. The maximum absolute atomic E-state index is 14.7. The van der Waals surface area contributed by atoms with E-state index in [-0.39, 0.29) is 24.2 Å². The Balaban J connectivity index is 1.82. The van der Waals surface area contributed by atoms with Gasteiger partial charge in [0, 0.05) is 30.1 Å². The van der Waals surface area contributed by atoms with Crippen molar-refractivity contribution in [3.05, 3.63) is 66.0 Å². The van der Waals surface area contributed by atoms with Crippen molar-refractivity contribution in [2.45, 2.75) is 12.6 Å². The lowest BCUT2D eigenvalue weighted by molar-refractivity contribution is 0.142. The van der Waals surface area contributed by atoms with E-state index in [4.69, 9.17) is 16.2 Å². The molecule has 142 valence electrons. The number of halogens is 2. The molecule has 27 heavy (non-hydrogen) atoms. The molecular formula is C19H20F2N4O2. The number of carbonyl (C=O) groups is 1. The number of hydrogen-bond acceptors (Lipinski definition) is 5. The molecule has 0 spiro atoms. The molecule has 5 N–H and O–H groups in total. The first kappa shape index (κ1) is 18.7. The summed E-state index contributed by atoms with van der Waals surface area (Å²) in [4.78, 5) is 13.4. The number of nitrogens with zero attached hydrogens (tertiary/aromatic N) is 1. The molecule has 1 aliphatic rings. The first-order chi connectivity index (χ1) is 13.0. The van der Waals surface area contributed by atoms with Gasteiger partial charge >= 0.3 is 6.09 Å². The maximum atomic E-state index is 14.7. The number of anilines is 1. The third kappa shape index (κ3) is 4.01. The minimum absolute atomic E-state index is 0.102. The van der Waals surface area contributed by atoms with Crippen molar-refractivity contribution in [2.75, 3.05) is 18.0 Å². The molecule has 2 aromatic rings. The summed E-state index contributed by atoms with van der Waals surface area (Å²) in [5.41, 5.74) is 12.1. The van der Waals surface area contributed by atoms with Crippen LogP contribution in [0.5, 0.6) is 0 Å². The number of carbonyl (C=O) groups excluding carboxylic acids is 1. The van der Waals surface area contributed by atoms with E-state index in [1.807, 2.05) is 0 Å². The number of nitrogens with one attached hydrogen (secondary N) is 1. The maximum Gasteiger partial charge on any atom is 0.414 e. The van der Waals surface area contributed by atoms with Gasteiger partial charge in [-0.3, -0.25) is 4.90 Å². The van der Waals surface area contributed by atoms with Crippen molar-refractivity contribution >= 4 is 11.8 Å². The summed E-state index contributed by atoms with van der Waals surface area (Å²) >= 11 is 0. The normalized spacial score (nSPS) is 16.8. The molecule has 0 unspecified atom stereocenters. The molecule has 1 atom stereocenters. The van der Waals surface area contributed by atoms with Gasteiger partial charge in [-0.1, -0.05) is 6.07 Å². The predicted molar refractivity (Wildman–Crippen MR) is 98.6 cm³/mol. The summed E-state index contributed by atoms with van der Waals surface area (Å²) in [7, 11) is 0. The highest BCUT2D eigenvalue weighted by molar-refractivity contribution is 5.90. The number of rotatable bonds is 6. The highest BCUT2D eigenvalue weighted by atomic mass is 19.1. The Hall–Kier alpha value is -3.13. The fourth-order valence-electron chi connectivity index (χ4n) is 2.90. The summed E-state index contributed by atoms with van der Waals surface area (Å²) in [6, 6.07) is 8.53. The summed E-state index contributed by atoms with van der Waals surface area (Å²) in [6.07, 6.45) is 1.91. The highest BCUT2D eigenvalue weighted by Crippen LogP contribution is 2.31. The average Bonchev–Trinajstić information content (AvgIpc) is 3.03. The van der Waals surface area contributed by atoms with Crippen molar-refractivity contribution in [3.8, 4) is 11.1 Å². The van der Waals surface area contributed by atoms with E-state index in [0.29, 0.717) is 17.8 Å². The van der Waals surface area contributed by atoms with Gasteiger partial charge in [0.2, 0.25) is 0 Å². The van der Waals surface area contributed by atoms with Crippen LogP contribution in [0.15, 0.2) is 48.8 Å². The van der Waals surface area contributed by atoms with Gasteiger partial charge in [-0.25, -0.2) is 13.6 Å². The van der Waals surface area contributed by atoms with Crippen molar-refractivity contribution in [3.63, 3.8) is 0 Å². The molecule has 1 aliphatic heterocycles. The van der Waals surface area contributed by atoms with Crippen molar-refractivity contribution in [1.29, 1.82) is 0 Å². The van der Waals surface area contributed by atoms with Crippen LogP contribution in [0.3, 0.4) is 0 Å². The monoisotopic (exact) mass is 374 g/mol. The molecule has 0 saturated carbocycles. The minimum Gasteiger partial charge on any atom is -0.442 e. The van der Waals surface area contributed by atoms with Gasteiger partial charge in [0.15, 0.2) is 0 Å². The molecule has 1 saturated heterocycles. The van der Waals surface area contributed by atoms with Crippen LogP contribution in [0.4, 0.5) is 19.3 Å². The Labute approximate surface area is 155 Å². The molecule has 0 aliphatic carbocycles. The van der Waals surface area contributed by atoms with Gasteiger partial charge in [-0.2, -0.15) is 0 Å². The molecule has 0 aromatic heterocycles. The SMILES string of the molecule is N/C=C\NC[C@H]1CN(c2ccc(-c3cc(CN)ccc3F)c(F)c2)C(=O)O1. The second-order valence-corrected chi connectivity index (χ2v) is 6.07. The van der Waals surface area contributed by atoms with Crippen LogP contribution in [0.2, 0.25) is 0 Å². The average molecular weight is 374 g/mol. The van der Waals surface area contributed by atoms with Crippen LogP contribution in [-0.4, -0.2) is 25.3 Å². The van der Waals surface area contributed by atoms with E-state index < -0.39 is 23.8 Å². The summed E-state index contributed by atoms with van der Waals surface area (Å²) in [5.74, 6) is -1.18. The van der Waals surface area contributed by atoms with Gasteiger partial charge < -0.3 is 21.5 Å². The van der Waals surface area contributed by atoms with Gasteiger partial charge in [0.05, 0.1) is 18.8 Å². The molecule has 0 bridgehead atoms. The Morgan fingerprint density at radius 1 is 1.19 bits per heavy atom. The third-order valence-corrected chi connectivity index (χ3v) is 4.25. The van der Waals surface area contributed by atoms with Gasteiger partial charge in [0.25, 0.3) is 0 Å². The van der Waals surface area contributed by atoms with Crippen molar-refractivity contribution in [2.24, 2.45) is 11.5 Å². The topological polar surface area (TPSA) is 93.6 Å². The Bertz CT molecular complexity index is 873. The zero-order chi connectivity index (χ0) is 19.4. The first-order valence-corrected chi connectivity index (χ1v) is 8.40. The van der Waals surface area contributed by atoms with E-state index in [9.17, 15) is 13.6 Å². The van der Waals surface area contributed by atoms with Gasteiger partial charge in [-0.15, -0.1) is 0 Å². The number of amides is 1. The second kappa shape index (κ2) is 8.05. The largest absolute Gasteiger partial charge is 0.442 e. The Morgan fingerprint density at radius 3 is 2.70 bits per heavy atom. The number of cyclic esters (lactones) is 1. The van der Waals surface area contributed by atoms with Gasteiger partial charge in [0.1, 0.15) is 17.7 Å². The Morgan fingerprint density at radius 2 is 2.00 bits per heavy atom. The van der Waals surface area contributed by atoms with Crippen LogP contribution in [0.25, 0.3) is 11.1 Å². The summed E-state index contributed by atoms with van der Waals surface area (Å²) in [6.45, 7) is 0.870. The smallest absolute Gasteiger partial charge is 0.414 e. The van der Waals surface area contributed by atoms with E-state index in [1.54, 1.807) is 12.1 Å². The van der Waals surface area contributed by atoms with E-state index in [1.165, 1.54) is 41.6 Å². The van der Waals surface area contributed by atoms with Crippen LogP contribution < -0.4 is 21.7 Å². The van der Waals surface area contributed by atoms with Crippen LogP contribution in [-0.2, 0) is 11.3 Å². The van der Waals surface area contributed by atoms with E-state index in [2.05, 4.69) is 5.32 Å². The molecule has 3 rings (SSSR count). The van der Waals surface area contributed by atoms with Crippen LogP contribution >= 0.6 is 0 Å². The predicted octanol–water partition coefficient (Wildman–Crippen LogP) is 2.44. The van der Waals surface area contributed by atoms with Crippen LogP contribution in [0, 0.1) is 11.6 Å². The molecule has 1 heterocycles. The lowest BCUT2D eigenvalue weighted by Crippen LogP contribution is -2.28. The van der Waals surface area contributed by atoms with E-state index in [0.717, 1.165) is 0 Å². The number of nitrogens with two attached hydrogens (primary N) is 2. The summed E-state index contributed by atoms with van der Waals surface area (Å²) < 4.78 is 34.0. The minimum atomic E-state index is -0.638. The first-order valence-electron chi connectivity index (χ1n) is 8.40. The fraction of sp³-hybridized carbons (Fsp3) is 0.211. The lowest BCUT2D eigenvalue weighted by atomic mass is 10.0. The van der Waals surface area contributed by atoms with Gasteiger partial charge in [-0.05, 0) is 35.9 Å². The molecular weight excluding hydrogens is 354 g/mol. The standard InChI is InChI=1S/C19H20F2N4O2/c20-17-4-1-12(9-23)7-16(17)15-3-2-13(8-18(15)21)25-11-14(27-19(25)26)10-24-6-5-22/h1-8,14,24H,9-11,22-23H2/b6-5-/t14-/m0/s1. The highest BCUT2D eigenvalue weighted by Gasteiger charge is 2.32. The second-order valence-electron chi connectivity index (χ2n) is 6.07. The molecule has 1 fully saturated rings. The molecule has 2 aromatic carbocycles. The van der Waals surface area contributed by atoms with Crippen molar-refractivity contribution in [1.82, 2.24) is 5.32 Å². The Kier molecular flexibility index (Phi) is 5.56. The number of hydrogen-bond donors (Lipinski definition) is 3.